The molecular weight excluding hydrogens is 360 g/mol. The third-order valence-corrected chi connectivity index (χ3v) is 4.80. The molecule has 0 aliphatic rings. The van der Waals surface area contributed by atoms with E-state index in [1.54, 1.807) is 22.8 Å². The van der Waals surface area contributed by atoms with Crippen molar-refractivity contribution in [2.24, 2.45) is 0 Å². The van der Waals surface area contributed by atoms with Gasteiger partial charge in [0.05, 0.1) is 30.3 Å². The molecule has 3 aromatic rings. The van der Waals surface area contributed by atoms with Crippen molar-refractivity contribution in [1.29, 1.82) is 0 Å². The molecule has 1 aromatic heterocycles. The van der Waals surface area contributed by atoms with Crippen LogP contribution in [0.3, 0.4) is 0 Å². The van der Waals surface area contributed by atoms with Gasteiger partial charge in [0.2, 0.25) is 0 Å². The minimum atomic E-state index is -0.378. The summed E-state index contributed by atoms with van der Waals surface area (Å²) in [6, 6.07) is 14.6. The Kier molecular flexibility index (Phi) is 5.40. The molecule has 25 heavy (non-hydrogen) atoms. The zero-order valence-electron chi connectivity index (χ0n) is 13.4. The number of fused-ring (bicyclic) bond motifs is 1. The van der Waals surface area contributed by atoms with Crippen LogP contribution in [0.1, 0.15) is 5.56 Å². The Morgan fingerprint density at radius 1 is 1.24 bits per heavy atom. The number of hydrogen-bond acceptors (Lipinski definition) is 5. The highest BCUT2D eigenvalue weighted by molar-refractivity contribution is 7.99. The minimum Gasteiger partial charge on any atom is -0.468 e. The molecule has 7 heteroatoms. The van der Waals surface area contributed by atoms with Gasteiger partial charge in [0.1, 0.15) is 0 Å². The first-order valence-electron chi connectivity index (χ1n) is 7.52. The maximum Gasteiger partial charge on any atom is 0.316 e. The van der Waals surface area contributed by atoms with E-state index in [0.717, 1.165) is 5.56 Å². The molecular formula is C18H15ClN2O3S. The summed E-state index contributed by atoms with van der Waals surface area (Å²) in [5, 5.41) is 1.45. The van der Waals surface area contributed by atoms with Gasteiger partial charge in [0.25, 0.3) is 5.56 Å². The van der Waals surface area contributed by atoms with Crippen LogP contribution < -0.4 is 5.56 Å². The molecule has 5 nitrogen and oxygen atoms in total. The van der Waals surface area contributed by atoms with E-state index in [-0.39, 0.29) is 17.3 Å². The van der Waals surface area contributed by atoms with Gasteiger partial charge >= 0.3 is 5.97 Å². The van der Waals surface area contributed by atoms with E-state index in [0.29, 0.717) is 27.6 Å². The van der Waals surface area contributed by atoms with Crippen LogP contribution in [0.15, 0.2) is 58.5 Å². The topological polar surface area (TPSA) is 61.2 Å². The van der Waals surface area contributed by atoms with Crippen LogP contribution in [-0.2, 0) is 16.1 Å². The summed E-state index contributed by atoms with van der Waals surface area (Å²) >= 11 is 7.18. The van der Waals surface area contributed by atoms with Gasteiger partial charge < -0.3 is 4.74 Å². The van der Waals surface area contributed by atoms with Crippen LogP contribution in [0.4, 0.5) is 0 Å². The molecule has 0 fully saturated rings. The van der Waals surface area contributed by atoms with Gasteiger partial charge in [-0.25, -0.2) is 4.98 Å². The van der Waals surface area contributed by atoms with Crippen LogP contribution in [0.5, 0.6) is 0 Å². The smallest absolute Gasteiger partial charge is 0.316 e. The maximum atomic E-state index is 12.9. The molecule has 0 unspecified atom stereocenters. The number of rotatable bonds is 5. The van der Waals surface area contributed by atoms with E-state index >= 15 is 0 Å². The Morgan fingerprint density at radius 3 is 2.72 bits per heavy atom. The maximum absolute atomic E-state index is 12.9. The van der Waals surface area contributed by atoms with Crippen LogP contribution in [0.25, 0.3) is 10.9 Å². The van der Waals surface area contributed by atoms with E-state index in [2.05, 4.69) is 9.72 Å². The van der Waals surface area contributed by atoms with Gasteiger partial charge in [-0.1, -0.05) is 53.7 Å². The van der Waals surface area contributed by atoms with Crippen molar-refractivity contribution in [3.8, 4) is 0 Å². The fraction of sp³-hybridized carbons (Fsp3) is 0.167. The number of nitrogens with zero attached hydrogens (tertiary/aromatic N) is 2. The number of methoxy groups -OCH3 is 1. The highest BCUT2D eigenvalue weighted by atomic mass is 35.5. The van der Waals surface area contributed by atoms with E-state index in [4.69, 9.17) is 11.6 Å². The third-order valence-electron chi connectivity index (χ3n) is 3.61. The molecule has 128 valence electrons. The van der Waals surface area contributed by atoms with Crippen molar-refractivity contribution in [1.82, 2.24) is 9.55 Å². The summed E-state index contributed by atoms with van der Waals surface area (Å²) in [7, 11) is 1.33. The summed E-state index contributed by atoms with van der Waals surface area (Å²) < 4.78 is 6.24. The lowest BCUT2D eigenvalue weighted by Gasteiger charge is -2.13. The Morgan fingerprint density at radius 2 is 2.00 bits per heavy atom. The van der Waals surface area contributed by atoms with Gasteiger partial charge in [0.15, 0.2) is 5.16 Å². The molecule has 0 saturated carbocycles. The Labute approximate surface area is 153 Å². The van der Waals surface area contributed by atoms with E-state index in [1.165, 1.54) is 18.9 Å². The molecule has 0 radical (unpaired) electrons. The first kappa shape index (κ1) is 17.5. The number of carbonyl (C=O) groups is 1. The van der Waals surface area contributed by atoms with Crippen molar-refractivity contribution in [3.63, 3.8) is 0 Å². The lowest BCUT2D eigenvalue weighted by Crippen LogP contribution is -2.24. The predicted octanol–water partition coefficient (Wildman–Crippen LogP) is 3.36. The lowest BCUT2D eigenvalue weighted by molar-refractivity contribution is -0.137. The minimum absolute atomic E-state index is 0.0732. The molecule has 0 aliphatic heterocycles. The standard InChI is InChI=1S/C18H15ClN2O3S/c1-24-16(22)11-25-18-20-15-9-13(19)7-8-14(15)17(23)21(18)10-12-5-3-2-4-6-12/h2-9H,10-11H2,1H3. The van der Waals surface area contributed by atoms with Gasteiger partial charge in [-0.15, -0.1) is 0 Å². The van der Waals surface area contributed by atoms with Crippen molar-refractivity contribution in [2.75, 3.05) is 12.9 Å². The first-order valence-corrected chi connectivity index (χ1v) is 8.88. The SMILES string of the molecule is COC(=O)CSc1nc2cc(Cl)ccc2c(=O)n1Cc1ccccc1. The first-order chi connectivity index (χ1) is 12.1. The zero-order valence-corrected chi connectivity index (χ0v) is 15.0. The lowest BCUT2D eigenvalue weighted by atomic mass is 10.2. The highest BCUT2D eigenvalue weighted by Crippen LogP contribution is 2.21. The molecule has 0 spiro atoms. The molecule has 0 aliphatic carbocycles. The summed E-state index contributed by atoms with van der Waals surface area (Å²) in [5.74, 6) is -0.305. The van der Waals surface area contributed by atoms with Crippen LogP contribution in [-0.4, -0.2) is 28.4 Å². The van der Waals surface area contributed by atoms with Crippen molar-refractivity contribution >= 4 is 40.2 Å². The second-order valence-electron chi connectivity index (χ2n) is 5.30. The number of halogens is 1. The van der Waals surface area contributed by atoms with Crippen LogP contribution in [0.2, 0.25) is 5.02 Å². The molecule has 1 heterocycles. The van der Waals surface area contributed by atoms with E-state index < -0.39 is 0 Å². The van der Waals surface area contributed by atoms with Gasteiger partial charge in [-0.3, -0.25) is 14.2 Å². The Hall–Kier alpha value is -2.31. The Bertz CT molecular complexity index is 973. The molecule has 0 N–H and O–H groups in total. The third kappa shape index (κ3) is 4.03. The van der Waals surface area contributed by atoms with Gasteiger partial charge in [0, 0.05) is 5.02 Å². The number of ether oxygens (including phenoxy) is 1. The fourth-order valence-corrected chi connectivity index (χ4v) is 3.37. The molecule has 0 saturated heterocycles. The largest absolute Gasteiger partial charge is 0.468 e. The van der Waals surface area contributed by atoms with Crippen molar-refractivity contribution in [3.05, 3.63) is 69.5 Å². The molecule has 2 aromatic carbocycles. The average molecular weight is 375 g/mol. The number of thioether (sulfide) groups is 1. The average Bonchev–Trinajstić information content (AvgIpc) is 2.63. The summed E-state index contributed by atoms with van der Waals surface area (Å²) in [4.78, 5) is 28.9. The van der Waals surface area contributed by atoms with E-state index in [1.807, 2.05) is 30.3 Å². The zero-order chi connectivity index (χ0) is 17.8. The summed E-state index contributed by atoms with van der Waals surface area (Å²) in [6.45, 7) is 0.370. The molecule has 0 bridgehead atoms. The van der Waals surface area contributed by atoms with Crippen molar-refractivity contribution in [2.45, 2.75) is 11.7 Å². The van der Waals surface area contributed by atoms with Gasteiger partial charge in [-0.05, 0) is 23.8 Å². The number of aromatic nitrogens is 2. The molecule has 3 rings (SSSR count). The second kappa shape index (κ2) is 7.72. The van der Waals surface area contributed by atoms with Crippen LogP contribution >= 0.6 is 23.4 Å². The summed E-state index contributed by atoms with van der Waals surface area (Å²) in [6.07, 6.45) is 0. The molecule has 0 atom stereocenters. The van der Waals surface area contributed by atoms with Gasteiger partial charge in [-0.2, -0.15) is 0 Å². The fourth-order valence-electron chi connectivity index (χ4n) is 2.37. The Balaban J connectivity index is 2.10. The number of benzene rings is 2. The normalized spacial score (nSPS) is 10.8. The molecule has 0 amide bonds. The van der Waals surface area contributed by atoms with Crippen LogP contribution in [0, 0.1) is 0 Å². The quantitative estimate of drug-likeness (QED) is 0.389. The number of esters is 1. The summed E-state index contributed by atoms with van der Waals surface area (Å²) in [5.41, 5.74) is 1.31. The van der Waals surface area contributed by atoms with E-state index in [9.17, 15) is 9.59 Å². The monoisotopic (exact) mass is 374 g/mol. The van der Waals surface area contributed by atoms with Crippen molar-refractivity contribution < 1.29 is 9.53 Å². The number of carbonyl (C=O) groups excluding carboxylic acids is 1. The second-order valence-corrected chi connectivity index (χ2v) is 6.68. The predicted molar refractivity (Wildman–Crippen MR) is 99.3 cm³/mol. The highest BCUT2D eigenvalue weighted by Gasteiger charge is 2.14. The number of hydrogen-bond donors (Lipinski definition) is 0.